The van der Waals surface area contributed by atoms with E-state index in [0.717, 1.165) is 19.1 Å². The molecule has 2 rings (SSSR count). The van der Waals surface area contributed by atoms with Crippen molar-refractivity contribution in [2.24, 2.45) is 5.92 Å². The third-order valence-electron chi connectivity index (χ3n) is 3.87. The van der Waals surface area contributed by atoms with Crippen LogP contribution in [0.4, 0.5) is 0 Å². The van der Waals surface area contributed by atoms with Crippen molar-refractivity contribution in [3.63, 3.8) is 0 Å². The fraction of sp³-hybridized carbons (Fsp3) is 1.00. The highest BCUT2D eigenvalue weighted by Gasteiger charge is 2.44. The second kappa shape index (κ2) is 5.17. The number of ether oxygens (including phenoxy) is 1. The fourth-order valence-corrected chi connectivity index (χ4v) is 4.58. The van der Waals surface area contributed by atoms with E-state index in [-0.39, 0.29) is 0 Å². The van der Waals surface area contributed by atoms with Gasteiger partial charge in [0.2, 0.25) is 0 Å². The zero-order valence-electron chi connectivity index (χ0n) is 10.7. The van der Waals surface area contributed by atoms with Crippen LogP contribution in [0.25, 0.3) is 0 Å². The first kappa shape index (κ1) is 12.6. The molecule has 1 saturated heterocycles. The highest BCUT2D eigenvalue weighted by molar-refractivity contribution is 6.65. The Hall–Kier alpha value is 0.0969. The van der Waals surface area contributed by atoms with Gasteiger partial charge in [-0.05, 0) is 37.8 Å². The van der Waals surface area contributed by atoms with E-state index in [1.807, 2.05) is 0 Å². The number of rotatable bonds is 6. The Morgan fingerprint density at radius 3 is 2.75 bits per heavy atom. The fourth-order valence-electron chi connectivity index (χ4n) is 2.62. The van der Waals surface area contributed by atoms with Crippen molar-refractivity contribution in [3.05, 3.63) is 0 Å². The number of fused-ring (bicyclic) bond motifs is 1. The molecule has 0 amide bonds. The van der Waals surface area contributed by atoms with E-state index in [9.17, 15) is 0 Å². The molecule has 3 nitrogen and oxygen atoms in total. The van der Waals surface area contributed by atoms with E-state index >= 15 is 0 Å². The molecule has 2 fully saturated rings. The first-order valence-electron chi connectivity index (χ1n) is 6.51. The van der Waals surface area contributed by atoms with E-state index in [0.29, 0.717) is 18.1 Å². The predicted molar refractivity (Wildman–Crippen MR) is 65.7 cm³/mol. The zero-order valence-corrected chi connectivity index (χ0v) is 11.7. The minimum Gasteiger partial charge on any atom is -0.398 e. The average molecular weight is 244 g/mol. The van der Waals surface area contributed by atoms with Gasteiger partial charge < -0.3 is 13.6 Å². The minimum atomic E-state index is -1.86. The van der Waals surface area contributed by atoms with Gasteiger partial charge in [0.15, 0.2) is 0 Å². The van der Waals surface area contributed by atoms with E-state index < -0.39 is 8.56 Å². The van der Waals surface area contributed by atoms with Crippen LogP contribution in [0.15, 0.2) is 0 Å². The molecule has 4 atom stereocenters. The third kappa shape index (κ3) is 3.06. The Bertz CT molecular complexity index is 236. The van der Waals surface area contributed by atoms with Crippen LogP contribution < -0.4 is 0 Å². The van der Waals surface area contributed by atoms with Crippen LogP contribution in [0.1, 0.15) is 32.6 Å². The van der Waals surface area contributed by atoms with Crippen LogP contribution in [0.2, 0.25) is 12.6 Å². The summed E-state index contributed by atoms with van der Waals surface area (Å²) in [5.41, 5.74) is 0. The molecule has 1 aliphatic heterocycles. The molecule has 1 saturated carbocycles. The molecule has 1 heterocycles. The van der Waals surface area contributed by atoms with Gasteiger partial charge in [-0.3, -0.25) is 0 Å². The first-order valence-corrected chi connectivity index (χ1v) is 9.04. The number of epoxide rings is 1. The largest absolute Gasteiger partial charge is 0.398 e. The second-order valence-corrected chi connectivity index (χ2v) is 8.76. The summed E-state index contributed by atoms with van der Waals surface area (Å²) in [6.07, 6.45) is 6.00. The number of hydrogen-bond donors (Lipinski definition) is 0. The van der Waals surface area contributed by atoms with Gasteiger partial charge in [-0.25, -0.2) is 0 Å². The van der Waals surface area contributed by atoms with Crippen molar-refractivity contribution in [2.45, 2.75) is 57.4 Å². The Morgan fingerprint density at radius 1 is 1.31 bits per heavy atom. The Kier molecular flexibility index (Phi) is 4.05. The maximum Gasteiger partial charge on any atom is 0.334 e. The van der Waals surface area contributed by atoms with Gasteiger partial charge >= 0.3 is 8.56 Å². The molecule has 94 valence electrons. The molecule has 0 bridgehead atoms. The van der Waals surface area contributed by atoms with Gasteiger partial charge in [0.05, 0.1) is 12.2 Å². The third-order valence-corrected chi connectivity index (χ3v) is 6.92. The summed E-state index contributed by atoms with van der Waals surface area (Å²) in [4.78, 5) is 0. The highest BCUT2D eigenvalue weighted by atomic mass is 28.4. The van der Waals surface area contributed by atoms with Crippen molar-refractivity contribution < 1.29 is 13.6 Å². The highest BCUT2D eigenvalue weighted by Crippen LogP contribution is 2.39. The van der Waals surface area contributed by atoms with Crippen LogP contribution in [-0.2, 0) is 13.6 Å². The van der Waals surface area contributed by atoms with Crippen LogP contribution in [0.3, 0.4) is 0 Å². The molecule has 0 radical (unpaired) electrons. The van der Waals surface area contributed by atoms with Gasteiger partial charge in [-0.2, -0.15) is 0 Å². The minimum absolute atomic E-state index is 0.559. The quantitative estimate of drug-likeness (QED) is 0.532. The summed E-state index contributed by atoms with van der Waals surface area (Å²) < 4.78 is 17.2. The van der Waals surface area contributed by atoms with Gasteiger partial charge in [-0.1, -0.05) is 13.3 Å². The van der Waals surface area contributed by atoms with Crippen molar-refractivity contribution in [1.82, 2.24) is 0 Å². The van der Waals surface area contributed by atoms with Crippen molar-refractivity contribution in [2.75, 3.05) is 13.7 Å². The van der Waals surface area contributed by atoms with Crippen molar-refractivity contribution in [3.8, 4) is 0 Å². The monoisotopic (exact) mass is 244 g/mol. The summed E-state index contributed by atoms with van der Waals surface area (Å²) in [6, 6.07) is 1.10. The lowest BCUT2D eigenvalue weighted by molar-refractivity contribution is 0.155. The average Bonchev–Trinajstić information content (AvgIpc) is 3.05. The Balaban J connectivity index is 1.72. The summed E-state index contributed by atoms with van der Waals surface area (Å²) in [5.74, 6) is 0.697. The van der Waals surface area contributed by atoms with Crippen molar-refractivity contribution in [1.29, 1.82) is 0 Å². The van der Waals surface area contributed by atoms with Gasteiger partial charge in [0.25, 0.3) is 0 Å². The zero-order chi connectivity index (χ0) is 11.6. The molecule has 0 spiro atoms. The lowest BCUT2D eigenvalue weighted by Gasteiger charge is -2.28. The summed E-state index contributed by atoms with van der Waals surface area (Å²) in [6.45, 7) is 5.25. The topological polar surface area (TPSA) is 31.0 Å². The van der Waals surface area contributed by atoms with Gasteiger partial charge in [0, 0.05) is 13.7 Å². The lowest BCUT2D eigenvalue weighted by Crippen LogP contribution is -2.39. The molecule has 0 aromatic rings. The first-order chi connectivity index (χ1) is 7.67. The van der Waals surface area contributed by atoms with E-state index in [1.54, 1.807) is 7.11 Å². The summed E-state index contributed by atoms with van der Waals surface area (Å²) in [5, 5.41) is 0. The summed E-state index contributed by atoms with van der Waals surface area (Å²) in [7, 11) is -0.0621. The molecular weight excluding hydrogens is 220 g/mol. The van der Waals surface area contributed by atoms with Crippen molar-refractivity contribution >= 4 is 8.56 Å². The maximum atomic E-state index is 6.09. The lowest BCUT2D eigenvalue weighted by atomic mass is 9.90. The maximum absolute atomic E-state index is 6.09. The van der Waals surface area contributed by atoms with Crippen LogP contribution in [-0.4, -0.2) is 34.5 Å². The molecule has 0 aromatic carbocycles. The van der Waals surface area contributed by atoms with E-state index in [1.165, 1.54) is 19.3 Å². The summed E-state index contributed by atoms with van der Waals surface area (Å²) >= 11 is 0. The second-order valence-electron chi connectivity index (χ2n) is 5.29. The molecule has 16 heavy (non-hydrogen) atoms. The number of hydrogen-bond acceptors (Lipinski definition) is 3. The molecule has 1 aliphatic carbocycles. The normalized spacial score (nSPS) is 36.6. The Morgan fingerprint density at radius 2 is 2.12 bits per heavy atom. The molecule has 4 heteroatoms. The molecule has 0 aromatic heterocycles. The van der Waals surface area contributed by atoms with E-state index in [2.05, 4.69) is 13.5 Å². The predicted octanol–water partition coefficient (Wildman–Crippen LogP) is 2.70. The van der Waals surface area contributed by atoms with E-state index in [4.69, 9.17) is 13.6 Å². The molecule has 0 N–H and O–H groups in total. The Labute approximate surface area is 99.7 Å². The molecule has 4 unspecified atom stereocenters. The molecular formula is C12H24O3Si. The molecule has 2 aliphatic rings. The standard InChI is InChI=1S/C12H24O3Si/c1-4-7-16(3,13-2)14-9-10-5-6-11-12(8-10)15-11/h10-12H,4-9H2,1-3H3. The van der Waals surface area contributed by atoms with Crippen LogP contribution in [0, 0.1) is 5.92 Å². The van der Waals surface area contributed by atoms with Gasteiger partial charge in [0.1, 0.15) is 0 Å². The van der Waals surface area contributed by atoms with Gasteiger partial charge in [-0.15, -0.1) is 0 Å². The smallest absolute Gasteiger partial charge is 0.334 e. The SMILES string of the molecule is CCC[Si](C)(OC)OCC1CCC2OC2C1. The van der Waals surface area contributed by atoms with Crippen LogP contribution >= 0.6 is 0 Å². The van der Waals surface area contributed by atoms with Crippen LogP contribution in [0.5, 0.6) is 0 Å².